The molecule has 4 rings (SSSR count). The number of amides is 3. The van der Waals surface area contributed by atoms with Crippen molar-refractivity contribution in [3.63, 3.8) is 0 Å². The van der Waals surface area contributed by atoms with Gasteiger partial charge in [-0.2, -0.15) is 23.3 Å². The summed E-state index contributed by atoms with van der Waals surface area (Å²) >= 11 is 0. The summed E-state index contributed by atoms with van der Waals surface area (Å²) in [6.07, 6.45) is 6.13. The standard InChI is InChI=1S/C9H15N5O2.C8H10N4O5S/c1-10-7-12-16-9(15)11-4-8-5-13(2)14(3)6-8;1-10-6-3-11-4-7(5(6)2-9-10)12(8(11)13)17-18(14,15)16/h5-7H,4H2,1-3H3,(H-,10,11,12,15);2,7H,3-4H2,1H3,(H,14,15,16)/p+1. The maximum Gasteiger partial charge on any atom is 0.431 e. The SMILES string of the molecule is CN=CNOC(=O)NCc1cn(C)[n+](C)c1.Cn1ncc2c1CN1CC2N(OS(=O)(=O)O)C1=O. The highest BCUT2D eigenvalue weighted by atomic mass is 32.3. The first-order chi connectivity index (χ1) is 16.0. The zero-order valence-electron chi connectivity index (χ0n) is 18.9. The van der Waals surface area contributed by atoms with Crippen molar-refractivity contribution in [2.24, 2.45) is 26.1 Å². The summed E-state index contributed by atoms with van der Waals surface area (Å²) in [6, 6.07) is -1.16. The Kier molecular flexibility index (Phi) is 7.38. The highest BCUT2D eigenvalue weighted by Crippen LogP contribution is 2.37. The van der Waals surface area contributed by atoms with Crippen LogP contribution in [0.4, 0.5) is 9.59 Å². The molecule has 3 amide bonds. The van der Waals surface area contributed by atoms with Gasteiger partial charge in [0.2, 0.25) is 0 Å². The van der Waals surface area contributed by atoms with Gasteiger partial charge in [-0.25, -0.2) is 15.1 Å². The Balaban J connectivity index is 0.000000192. The van der Waals surface area contributed by atoms with E-state index in [1.54, 1.807) is 25.0 Å². The van der Waals surface area contributed by atoms with Gasteiger partial charge in [-0.1, -0.05) is 0 Å². The van der Waals surface area contributed by atoms with E-state index in [1.165, 1.54) is 11.2 Å². The van der Waals surface area contributed by atoms with Crippen LogP contribution in [-0.4, -0.2) is 69.5 Å². The van der Waals surface area contributed by atoms with Crippen LogP contribution in [0.1, 0.15) is 22.9 Å². The molecule has 0 saturated carbocycles. The Labute approximate surface area is 195 Å². The number of aryl methyl sites for hydroxylation is 3. The van der Waals surface area contributed by atoms with E-state index >= 15 is 0 Å². The lowest BCUT2D eigenvalue weighted by Gasteiger charge is -2.21. The number of urea groups is 1. The molecule has 16 nitrogen and oxygen atoms in total. The number of hydroxylamine groups is 3. The molecule has 0 spiro atoms. The lowest BCUT2D eigenvalue weighted by molar-refractivity contribution is -0.751. The summed E-state index contributed by atoms with van der Waals surface area (Å²) in [5, 5.41) is 7.31. The molecule has 2 bridgehead atoms. The third-order valence-electron chi connectivity index (χ3n) is 5.08. The number of hydrogen-bond acceptors (Lipinski definition) is 8. The van der Waals surface area contributed by atoms with Gasteiger partial charge in [-0.15, -0.1) is 8.97 Å². The summed E-state index contributed by atoms with van der Waals surface area (Å²) in [5.74, 6) is 0. The average Bonchev–Trinajstić information content (AvgIpc) is 3.38. The van der Waals surface area contributed by atoms with Crippen LogP contribution in [0.3, 0.4) is 0 Å². The predicted molar refractivity (Wildman–Crippen MR) is 114 cm³/mol. The van der Waals surface area contributed by atoms with E-state index in [0.29, 0.717) is 24.7 Å². The smallest absolute Gasteiger partial charge is 0.323 e. The maximum atomic E-state index is 11.9. The minimum Gasteiger partial charge on any atom is -0.323 e. The molecule has 2 aromatic rings. The summed E-state index contributed by atoms with van der Waals surface area (Å²) in [4.78, 5) is 32.6. The molecule has 3 N–H and O–H groups in total. The molecular weight excluding hydrogens is 474 g/mol. The van der Waals surface area contributed by atoms with E-state index in [-0.39, 0.29) is 0 Å². The highest BCUT2D eigenvalue weighted by Gasteiger charge is 2.47. The van der Waals surface area contributed by atoms with Gasteiger partial charge in [0.1, 0.15) is 12.4 Å². The fourth-order valence-corrected chi connectivity index (χ4v) is 3.81. The number of carbonyl (C=O) groups is 2. The van der Waals surface area contributed by atoms with E-state index in [9.17, 15) is 18.0 Å². The Morgan fingerprint density at radius 1 is 1.44 bits per heavy atom. The second kappa shape index (κ2) is 10.1. The third-order valence-corrected chi connectivity index (χ3v) is 5.43. The Bertz CT molecular complexity index is 1170. The van der Waals surface area contributed by atoms with Crippen molar-refractivity contribution in [3.05, 3.63) is 35.4 Å². The molecule has 4 heterocycles. The molecule has 17 heteroatoms. The van der Waals surface area contributed by atoms with Crippen molar-refractivity contribution in [2.75, 3.05) is 13.6 Å². The van der Waals surface area contributed by atoms with Crippen LogP contribution < -0.4 is 15.5 Å². The summed E-state index contributed by atoms with van der Waals surface area (Å²) in [6.45, 7) is 1.07. The molecule has 1 atom stereocenters. The van der Waals surface area contributed by atoms with Gasteiger partial charge in [0, 0.05) is 19.7 Å². The fraction of sp³-hybridized carbons (Fsp3) is 0.471. The van der Waals surface area contributed by atoms with Gasteiger partial charge >= 0.3 is 22.5 Å². The number of rotatable bonds is 6. The molecule has 2 aliphatic rings. The number of aromatic nitrogens is 4. The molecule has 34 heavy (non-hydrogen) atoms. The lowest BCUT2D eigenvalue weighted by Crippen LogP contribution is -2.35. The van der Waals surface area contributed by atoms with E-state index in [4.69, 9.17) is 4.55 Å². The van der Waals surface area contributed by atoms with E-state index in [0.717, 1.165) is 16.8 Å². The van der Waals surface area contributed by atoms with Crippen LogP contribution in [0.5, 0.6) is 0 Å². The average molecular weight is 501 g/mol. The zero-order chi connectivity index (χ0) is 25.0. The molecular formula is C17H26N9O7S+. The van der Waals surface area contributed by atoms with Crippen molar-refractivity contribution >= 4 is 28.9 Å². The lowest BCUT2D eigenvalue weighted by atomic mass is 10.1. The first-order valence-corrected chi connectivity index (χ1v) is 11.2. The first-order valence-electron chi connectivity index (χ1n) is 9.88. The van der Waals surface area contributed by atoms with Gasteiger partial charge in [0.15, 0.2) is 13.2 Å². The monoisotopic (exact) mass is 500 g/mol. The minimum atomic E-state index is -4.72. The maximum absolute atomic E-state index is 11.9. The van der Waals surface area contributed by atoms with Crippen molar-refractivity contribution in [1.82, 2.24) is 35.2 Å². The number of nitrogens with one attached hydrogen (secondary N) is 2. The van der Waals surface area contributed by atoms with Crippen molar-refractivity contribution < 1.29 is 36.4 Å². The molecule has 2 aliphatic heterocycles. The van der Waals surface area contributed by atoms with Crippen LogP contribution in [0, 0.1) is 0 Å². The largest absolute Gasteiger partial charge is 0.431 e. The van der Waals surface area contributed by atoms with Gasteiger partial charge in [0.05, 0.1) is 50.3 Å². The number of carbonyl (C=O) groups excluding carboxylic acids is 2. The highest BCUT2D eigenvalue weighted by molar-refractivity contribution is 7.80. The molecule has 1 saturated heterocycles. The van der Waals surface area contributed by atoms with E-state index in [2.05, 4.69) is 30.0 Å². The fourth-order valence-electron chi connectivity index (χ4n) is 3.44. The van der Waals surface area contributed by atoms with Crippen molar-refractivity contribution in [1.29, 1.82) is 0 Å². The molecule has 1 fully saturated rings. The second-order valence-electron chi connectivity index (χ2n) is 7.41. The normalized spacial score (nSPS) is 16.9. The minimum absolute atomic E-state index is 0.313. The molecule has 186 valence electrons. The molecule has 1 unspecified atom stereocenters. The van der Waals surface area contributed by atoms with Crippen LogP contribution >= 0.6 is 0 Å². The van der Waals surface area contributed by atoms with E-state index in [1.807, 2.05) is 35.9 Å². The number of aliphatic imine (C=N–C) groups is 1. The van der Waals surface area contributed by atoms with Crippen molar-refractivity contribution in [3.8, 4) is 0 Å². The first kappa shape index (κ1) is 24.9. The zero-order valence-corrected chi connectivity index (χ0v) is 19.8. The van der Waals surface area contributed by atoms with Gasteiger partial charge in [0.25, 0.3) is 0 Å². The summed E-state index contributed by atoms with van der Waals surface area (Å²) in [7, 11) is 2.42. The second-order valence-corrected chi connectivity index (χ2v) is 8.41. The summed E-state index contributed by atoms with van der Waals surface area (Å²) < 4.78 is 39.9. The Hall–Kier alpha value is -3.70. The topological polar surface area (TPSA) is 176 Å². The molecule has 0 aliphatic carbocycles. The van der Waals surface area contributed by atoms with Crippen LogP contribution in [0.15, 0.2) is 23.6 Å². The van der Waals surface area contributed by atoms with Gasteiger partial charge in [-0.3, -0.25) is 14.2 Å². The van der Waals surface area contributed by atoms with Gasteiger partial charge in [-0.05, 0) is 0 Å². The van der Waals surface area contributed by atoms with Gasteiger partial charge < -0.3 is 15.1 Å². The third kappa shape index (κ3) is 5.80. The molecule has 0 aromatic carbocycles. The molecule has 2 aromatic heterocycles. The summed E-state index contributed by atoms with van der Waals surface area (Å²) in [5.41, 5.74) is 4.81. The number of hydrogen-bond donors (Lipinski definition) is 3. The Morgan fingerprint density at radius 3 is 2.79 bits per heavy atom. The van der Waals surface area contributed by atoms with Crippen LogP contribution in [0.25, 0.3) is 0 Å². The number of nitrogens with zero attached hydrogens (tertiary/aromatic N) is 7. The Morgan fingerprint density at radius 2 is 2.18 bits per heavy atom. The van der Waals surface area contributed by atoms with Crippen LogP contribution in [-0.2, 0) is 53.8 Å². The quantitative estimate of drug-likeness (QED) is 0.143. The van der Waals surface area contributed by atoms with Crippen LogP contribution in [0.2, 0.25) is 0 Å². The predicted octanol–water partition coefficient (Wildman–Crippen LogP) is -1.31. The molecule has 0 radical (unpaired) electrons. The van der Waals surface area contributed by atoms with Crippen molar-refractivity contribution in [2.45, 2.75) is 19.1 Å². The van der Waals surface area contributed by atoms with E-state index < -0.39 is 28.6 Å². The number of fused-ring (bicyclic) bond motifs is 4.